The molecule has 1 aromatic heterocycles. The number of rotatable bonds is 5. The van der Waals surface area contributed by atoms with Gasteiger partial charge in [-0.25, -0.2) is 4.79 Å². The van der Waals surface area contributed by atoms with Gasteiger partial charge in [-0.1, -0.05) is 18.2 Å². The molecule has 0 aliphatic rings. The minimum Gasteiger partial charge on any atom is -0.465 e. The quantitative estimate of drug-likeness (QED) is 0.847. The van der Waals surface area contributed by atoms with Gasteiger partial charge in [0.25, 0.3) is 0 Å². The molecule has 2 N–H and O–H groups in total. The summed E-state index contributed by atoms with van der Waals surface area (Å²) in [6.45, 7) is 0.656. The summed E-state index contributed by atoms with van der Waals surface area (Å²) in [5, 5.41) is 0. The fourth-order valence-electron chi connectivity index (χ4n) is 1.99. The number of hydrogen-bond donors (Lipinski definition) is 1. The number of hydrogen-bond acceptors (Lipinski definition) is 4. The summed E-state index contributed by atoms with van der Waals surface area (Å²) in [4.78, 5) is 16.1. The second kappa shape index (κ2) is 6.82. The van der Waals surface area contributed by atoms with E-state index < -0.39 is 0 Å². The Morgan fingerprint density at radius 2 is 2.05 bits per heavy atom. The van der Waals surface area contributed by atoms with E-state index in [1.165, 1.54) is 7.11 Å². The number of pyridine rings is 1. The monoisotopic (exact) mass is 270 g/mol. The third kappa shape index (κ3) is 3.42. The first-order valence-corrected chi connectivity index (χ1v) is 6.59. The molecule has 104 valence electrons. The Morgan fingerprint density at radius 1 is 1.25 bits per heavy atom. The number of aryl methyl sites for hydroxylation is 1. The molecule has 0 spiro atoms. The van der Waals surface area contributed by atoms with E-state index in [0.29, 0.717) is 12.1 Å². The first-order chi connectivity index (χ1) is 9.74. The lowest BCUT2D eigenvalue weighted by Gasteiger charge is -2.06. The minimum atomic E-state index is -0.342. The van der Waals surface area contributed by atoms with Crippen LogP contribution >= 0.6 is 0 Å². The lowest BCUT2D eigenvalue weighted by Crippen LogP contribution is -2.02. The Morgan fingerprint density at radius 3 is 2.80 bits per heavy atom. The zero-order valence-corrected chi connectivity index (χ0v) is 11.5. The van der Waals surface area contributed by atoms with E-state index in [4.69, 9.17) is 10.5 Å². The Bertz CT molecular complexity index is 597. The maximum Gasteiger partial charge on any atom is 0.337 e. The van der Waals surface area contributed by atoms with Crippen molar-refractivity contribution in [2.24, 2.45) is 5.73 Å². The number of carbonyl (C=O) groups is 1. The number of methoxy groups -OCH3 is 1. The standard InChI is InChI=1S/C16H18N2O2/c1-20-16(19)13-6-2-5-12(11-13)15-9-3-7-14(18-15)8-4-10-17/h2-3,5-7,9,11H,4,8,10,17H2,1H3. The lowest BCUT2D eigenvalue weighted by atomic mass is 10.1. The van der Waals surface area contributed by atoms with Crippen LogP contribution in [0.2, 0.25) is 0 Å². The normalized spacial score (nSPS) is 10.3. The van der Waals surface area contributed by atoms with Crippen LogP contribution in [0.5, 0.6) is 0 Å². The fourth-order valence-corrected chi connectivity index (χ4v) is 1.99. The number of carbonyl (C=O) groups excluding carboxylic acids is 1. The van der Waals surface area contributed by atoms with Crippen LogP contribution in [0.4, 0.5) is 0 Å². The van der Waals surface area contributed by atoms with Crippen LogP contribution in [-0.2, 0) is 11.2 Å². The van der Waals surface area contributed by atoms with E-state index in [0.717, 1.165) is 29.8 Å². The first kappa shape index (κ1) is 14.2. The van der Waals surface area contributed by atoms with Crippen molar-refractivity contribution in [3.05, 3.63) is 53.7 Å². The average molecular weight is 270 g/mol. The van der Waals surface area contributed by atoms with Crippen molar-refractivity contribution in [1.29, 1.82) is 0 Å². The van der Waals surface area contributed by atoms with Gasteiger partial charge >= 0.3 is 5.97 Å². The van der Waals surface area contributed by atoms with Crippen LogP contribution in [0.3, 0.4) is 0 Å². The van der Waals surface area contributed by atoms with Crippen molar-refractivity contribution in [2.45, 2.75) is 12.8 Å². The van der Waals surface area contributed by atoms with Gasteiger partial charge in [-0.3, -0.25) is 4.98 Å². The number of benzene rings is 1. The van der Waals surface area contributed by atoms with Crippen LogP contribution < -0.4 is 5.73 Å². The summed E-state index contributed by atoms with van der Waals surface area (Å²) in [5.74, 6) is -0.342. The predicted molar refractivity (Wildman–Crippen MR) is 78.4 cm³/mol. The minimum absolute atomic E-state index is 0.342. The molecule has 0 fully saturated rings. The lowest BCUT2D eigenvalue weighted by molar-refractivity contribution is 0.0601. The van der Waals surface area contributed by atoms with Gasteiger partial charge in [0.05, 0.1) is 18.4 Å². The number of nitrogens with two attached hydrogens (primary N) is 1. The third-order valence-electron chi connectivity index (χ3n) is 3.02. The molecule has 4 heteroatoms. The summed E-state index contributed by atoms with van der Waals surface area (Å²) >= 11 is 0. The van der Waals surface area contributed by atoms with Crippen molar-refractivity contribution in [3.63, 3.8) is 0 Å². The second-order valence-corrected chi connectivity index (χ2v) is 4.48. The van der Waals surface area contributed by atoms with E-state index in [-0.39, 0.29) is 5.97 Å². The molecule has 0 aliphatic carbocycles. The highest BCUT2D eigenvalue weighted by molar-refractivity contribution is 5.90. The van der Waals surface area contributed by atoms with Crippen LogP contribution in [0.1, 0.15) is 22.5 Å². The van der Waals surface area contributed by atoms with E-state index in [1.54, 1.807) is 12.1 Å². The Balaban J connectivity index is 2.29. The molecular weight excluding hydrogens is 252 g/mol. The van der Waals surface area contributed by atoms with Crippen LogP contribution in [0, 0.1) is 0 Å². The molecule has 0 atom stereocenters. The zero-order chi connectivity index (χ0) is 14.4. The summed E-state index contributed by atoms with van der Waals surface area (Å²) in [7, 11) is 1.38. The topological polar surface area (TPSA) is 65.2 Å². The SMILES string of the molecule is COC(=O)c1cccc(-c2cccc(CCCN)n2)c1. The van der Waals surface area contributed by atoms with Gasteiger partial charge in [-0.2, -0.15) is 0 Å². The molecule has 0 unspecified atom stereocenters. The molecule has 0 saturated heterocycles. The van der Waals surface area contributed by atoms with Crippen molar-refractivity contribution < 1.29 is 9.53 Å². The van der Waals surface area contributed by atoms with Gasteiger partial charge in [0.15, 0.2) is 0 Å². The number of aromatic nitrogens is 1. The summed E-state index contributed by atoms with van der Waals surface area (Å²) in [6.07, 6.45) is 1.78. The largest absolute Gasteiger partial charge is 0.465 e. The van der Waals surface area contributed by atoms with Gasteiger partial charge in [0.1, 0.15) is 0 Å². The molecular formula is C16H18N2O2. The molecule has 2 aromatic rings. The van der Waals surface area contributed by atoms with Crippen molar-refractivity contribution in [3.8, 4) is 11.3 Å². The van der Waals surface area contributed by atoms with E-state index in [2.05, 4.69) is 4.98 Å². The molecule has 2 rings (SSSR count). The van der Waals surface area contributed by atoms with Crippen LogP contribution in [0.25, 0.3) is 11.3 Å². The van der Waals surface area contributed by atoms with Gasteiger partial charge in [0, 0.05) is 11.3 Å². The molecule has 0 bridgehead atoms. The molecule has 0 aliphatic heterocycles. The highest BCUT2D eigenvalue weighted by Gasteiger charge is 2.07. The van der Waals surface area contributed by atoms with Crippen LogP contribution in [-0.4, -0.2) is 24.6 Å². The molecule has 1 heterocycles. The highest BCUT2D eigenvalue weighted by Crippen LogP contribution is 2.19. The van der Waals surface area contributed by atoms with Crippen LogP contribution in [0.15, 0.2) is 42.5 Å². The fraction of sp³-hybridized carbons (Fsp3) is 0.250. The Labute approximate surface area is 118 Å². The molecule has 20 heavy (non-hydrogen) atoms. The predicted octanol–water partition coefficient (Wildman–Crippen LogP) is 2.43. The first-order valence-electron chi connectivity index (χ1n) is 6.59. The van der Waals surface area contributed by atoms with Gasteiger partial charge in [-0.05, 0) is 43.7 Å². The van der Waals surface area contributed by atoms with Crippen molar-refractivity contribution in [2.75, 3.05) is 13.7 Å². The molecule has 4 nitrogen and oxygen atoms in total. The van der Waals surface area contributed by atoms with E-state index in [9.17, 15) is 4.79 Å². The smallest absolute Gasteiger partial charge is 0.337 e. The molecule has 1 aromatic carbocycles. The van der Waals surface area contributed by atoms with Gasteiger partial charge in [0.2, 0.25) is 0 Å². The summed E-state index contributed by atoms with van der Waals surface area (Å²) < 4.78 is 4.73. The van der Waals surface area contributed by atoms with Gasteiger partial charge < -0.3 is 10.5 Å². The van der Waals surface area contributed by atoms with Gasteiger partial charge in [-0.15, -0.1) is 0 Å². The van der Waals surface area contributed by atoms with E-state index in [1.807, 2.05) is 30.3 Å². The second-order valence-electron chi connectivity index (χ2n) is 4.48. The summed E-state index contributed by atoms with van der Waals surface area (Å²) in [5.41, 5.74) is 8.81. The molecule has 0 amide bonds. The van der Waals surface area contributed by atoms with Crippen molar-refractivity contribution in [1.82, 2.24) is 4.98 Å². The molecule has 0 saturated carbocycles. The molecule has 0 radical (unpaired) electrons. The third-order valence-corrected chi connectivity index (χ3v) is 3.02. The maximum absolute atomic E-state index is 11.5. The number of ether oxygens (including phenoxy) is 1. The van der Waals surface area contributed by atoms with Crippen molar-refractivity contribution >= 4 is 5.97 Å². The zero-order valence-electron chi connectivity index (χ0n) is 11.5. The highest BCUT2D eigenvalue weighted by atomic mass is 16.5. The Kier molecular flexibility index (Phi) is 4.85. The maximum atomic E-state index is 11.5. The number of esters is 1. The number of nitrogens with zero attached hydrogens (tertiary/aromatic N) is 1. The Hall–Kier alpha value is -2.20. The van der Waals surface area contributed by atoms with E-state index >= 15 is 0 Å². The average Bonchev–Trinajstić information content (AvgIpc) is 2.52. The summed E-state index contributed by atoms with van der Waals surface area (Å²) in [6, 6.07) is 13.2.